The maximum Gasteiger partial charge on any atom is 0.225 e. The Hall–Kier alpha value is -2.18. The predicted molar refractivity (Wildman–Crippen MR) is 69.0 cm³/mol. The van der Waals surface area contributed by atoms with E-state index in [2.05, 4.69) is 25.4 Å². The minimum absolute atomic E-state index is 0.536. The highest BCUT2D eigenvalue weighted by atomic mass is 16.5. The summed E-state index contributed by atoms with van der Waals surface area (Å²) in [5, 5.41) is 6.91. The van der Waals surface area contributed by atoms with Crippen LogP contribution in [-0.2, 0) is 6.42 Å². The molecule has 2 aromatic rings. The topological polar surface area (TPSA) is 86.0 Å². The van der Waals surface area contributed by atoms with Gasteiger partial charge in [-0.1, -0.05) is 12.1 Å². The van der Waals surface area contributed by atoms with Crippen LogP contribution in [0.3, 0.4) is 0 Å². The molecule has 0 saturated carbocycles. The fourth-order valence-electron chi connectivity index (χ4n) is 1.44. The molecule has 0 aliphatic rings. The Morgan fingerprint density at radius 3 is 3.00 bits per heavy atom. The number of nitrogens with one attached hydrogen (secondary N) is 1. The molecule has 1 N–H and O–H groups in total. The second-order valence-corrected chi connectivity index (χ2v) is 3.97. The summed E-state index contributed by atoms with van der Waals surface area (Å²) in [6.07, 6.45) is 3.27. The third kappa shape index (κ3) is 4.20. The maximum atomic E-state index is 5.43. The van der Waals surface area contributed by atoms with E-state index in [-0.39, 0.29) is 0 Å². The Bertz CT molecular complexity index is 514. The van der Waals surface area contributed by atoms with Gasteiger partial charge in [0.2, 0.25) is 17.7 Å². The Morgan fingerprint density at radius 2 is 2.26 bits per heavy atom. The molecule has 2 rings (SSSR count). The molecule has 0 aliphatic heterocycles. The van der Waals surface area contributed by atoms with E-state index in [4.69, 9.17) is 9.26 Å². The summed E-state index contributed by atoms with van der Waals surface area (Å²) < 4.78 is 10.3. The van der Waals surface area contributed by atoms with Crippen molar-refractivity contribution in [2.75, 3.05) is 18.5 Å². The Labute approximate surface area is 111 Å². The second kappa shape index (κ2) is 6.67. The zero-order valence-electron chi connectivity index (χ0n) is 11.1. The number of hydrogen-bond acceptors (Lipinski definition) is 7. The fourth-order valence-corrected chi connectivity index (χ4v) is 1.44. The first kappa shape index (κ1) is 13.3. The Balaban J connectivity index is 1.82. The largest absolute Gasteiger partial charge is 0.478 e. The number of nitrogens with zero attached hydrogens (tertiary/aromatic N) is 4. The second-order valence-electron chi connectivity index (χ2n) is 3.97. The van der Waals surface area contributed by atoms with Crippen molar-refractivity contribution in [2.45, 2.75) is 26.7 Å². The van der Waals surface area contributed by atoms with Crippen LogP contribution in [0.4, 0.5) is 5.95 Å². The van der Waals surface area contributed by atoms with E-state index >= 15 is 0 Å². The van der Waals surface area contributed by atoms with Gasteiger partial charge in [-0.15, -0.1) is 0 Å². The zero-order valence-corrected chi connectivity index (χ0v) is 11.1. The number of aromatic nitrogens is 4. The number of ether oxygens (including phenoxy) is 1. The maximum absolute atomic E-state index is 5.43. The molecule has 0 unspecified atom stereocenters. The first-order chi connectivity index (χ1) is 9.28. The van der Waals surface area contributed by atoms with Crippen LogP contribution in [0.15, 0.2) is 16.8 Å². The molecule has 2 heterocycles. The van der Waals surface area contributed by atoms with Crippen molar-refractivity contribution in [1.29, 1.82) is 0 Å². The molecule has 0 amide bonds. The van der Waals surface area contributed by atoms with Crippen molar-refractivity contribution >= 4 is 5.95 Å². The first-order valence-electron chi connectivity index (χ1n) is 6.27. The van der Waals surface area contributed by atoms with E-state index in [1.54, 1.807) is 19.2 Å². The molecular weight excluding hydrogens is 246 g/mol. The molecule has 2 aromatic heterocycles. The summed E-state index contributed by atoms with van der Waals surface area (Å²) in [4.78, 5) is 12.5. The van der Waals surface area contributed by atoms with Gasteiger partial charge >= 0.3 is 0 Å². The molecule has 19 heavy (non-hydrogen) atoms. The molecule has 102 valence electrons. The van der Waals surface area contributed by atoms with E-state index in [0.29, 0.717) is 43.1 Å². The van der Waals surface area contributed by atoms with Gasteiger partial charge in [0.25, 0.3) is 0 Å². The van der Waals surface area contributed by atoms with Gasteiger partial charge in [0, 0.05) is 32.2 Å². The van der Waals surface area contributed by atoms with Crippen LogP contribution in [0.25, 0.3) is 0 Å². The van der Waals surface area contributed by atoms with Crippen LogP contribution in [0, 0.1) is 6.92 Å². The van der Waals surface area contributed by atoms with Gasteiger partial charge in [-0.3, -0.25) is 0 Å². The quantitative estimate of drug-likeness (QED) is 0.812. The highest BCUT2D eigenvalue weighted by Crippen LogP contribution is 2.08. The highest BCUT2D eigenvalue weighted by molar-refractivity contribution is 5.27. The van der Waals surface area contributed by atoms with Crippen molar-refractivity contribution in [1.82, 2.24) is 20.1 Å². The zero-order chi connectivity index (χ0) is 13.5. The smallest absolute Gasteiger partial charge is 0.225 e. The van der Waals surface area contributed by atoms with E-state index in [1.807, 2.05) is 6.92 Å². The van der Waals surface area contributed by atoms with Gasteiger partial charge in [0.05, 0.1) is 6.61 Å². The van der Waals surface area contributed by atoms with Crippen molar-refractivity contribution in [3.63, 3.8) is 0 Å². The fraction of sp³-hybridized carbons (Fsp3) is 0.500. The molecule has 0 bridgehead atoms. The minimum Gasteiger partial charge on any atom is -0.478 e. The van der Waals surface area contributed by atoms with Gasteiger partial charge in [-0.05, 0) is 6.42 Å². The normalized spacial score (nSPS) is 10.4. The molecule has 0 atom stereocenters. The van der Waals surface area contributed by atoms with Crippen LogP contribution >= 0.6 is 0 Å². The number of hydrogen-bond donors (Lipinski definition) is 1. The lowest BCUT2D eigenvalue weighted by atomic mass is 10.4. The van der Waals surface area contributed by atoms with Crippen molar-refractivity contribution < 1.29 is 9.26 Å². The van der Waals surface area contributed by atoms with E-state index in [1.165, 1.54) is 0 Å². The van der Waals surface area contributed by atoms with Gasteiger partial charge in [0.1, 0.15) is 0 Å². The number of rotatable bonds is 7. The average molecular weight is 263 g/mol. The third-order valence-electron chi connectivity index (χ3n) is 2.29. The number of aryl methyl sites for hydroxylation is 1. The van der Waals surface area contributed by atoms with Crippen LogP contribution in [0.1, 0.15) is 25.1 Å². The summed E-state index contributed by atoms with van der Waals surface area (Å²) >= 11 is 0. The molecular formula is C12H17N5O2. The van der Waals surface area contributed by atoms with Gasteiger partial charge in [-0.25, -0.2) is 4.98 Å². The van der Waals surface area contributed by atoms with Crippen LogP contribution in [0.2, 0.25) is 0 Å². The SMILES string of the molecule is CCCOc1ccnc(NCCc2noc(C)n2)n1. The minimum atomic E-state index is 0.536. The van der Waals surface area contributed by atoms with Gasteiger partial charge < -0.3 is 14.6 Å². The Morgan fingerprint density at radius 1 is 1.37 bits per heavy atom. The molecule has 0 saturated heterocycles. The van der Waals surface area contributed by atoms with Gasteiger partial charge in [0.15, 0.2) is 5.82 Å². The summed E-state index contributed by atoms with van der Waals surface area (Å²) in [7, 11) is 0. The summed E-state index contributed by atoms with van der Waals surface area (Å²) in [6.45, 7) is 5.10. The van der Waals surface area contributed by atoms with E-state index < -0.39 is 0 Å². The summed E-state index contributed by atoms with van der Waals surface area (Å²) in [5.74, 6) is 2.35. The monoisotopic (exact) mass is 263 g/mol. The molecule has 0 radical (unpaired) electrons. The molecule has 0 aromatic carbocycles. The van der Waals surface area contributed by atoms with Crippen molar-refractivity contribution in [3.8, 4) is 5.88 Å². The molecule has 7 nitrogen and oxygen atoms in total. The lowest BCUT2D eigenvalue weighted by Crippen LogP contribution is -2.09. The molecule has 7 heteroatoms. The van der Waals surface area contributed by atoms with Crippen LogP contribution < -0.4 is 10.1 Å². The van der Waals surface area contributed by atoms with Crippen LogP contribution in [0.5, 0.6) is 5.88 Å². The third-order valence-corrected chi connectivity index (χ3v) is 2.29. The summed E-state index contributed by atoms with van der Waals surface area (Å²) in [6, 6.07) is 1.74. The summed E-state index contributed by atoms with van der Waals surface area (Å²) in [5.41, 5.74) is 0. The van der Waals surface area contributed by atoms with Crippen molar-refractivity contribution in [2.24, 2.45) is 0 Å². The first-order valence-corrected chi connectivity index (χ1v) is 6.27. The van der Waals surface area contributed by atoms with Crippen molar-refractivity contribution in [3.05, 3.63) is 24.0 Å². The average Bonchev–Trinajstić information content (AvgIpc) is 2.83. The lowest BCUT2D eigenvalue weighted by Gasteiger charge is -2.06. The Kier molecular flexibility index (Phi) is 4.66. The standard InChI is InChI=1S/C12H17N5O2/c1-3-8-18-11-5-7-14-12(16-11)13-6-4-10-15-9(2)19-17-10/h5,7H,3-4,6,8H2,1-2H3,(H,13,14,16). The highest BCUT2D eigenvalue weighted by Gasteiger charge is 2.03. The molecule has 0 aliphatic carbocycles. The van der Waals surface area contributed by atoms with E-state index in [9.17, 15) is 0 Å². The number of anilines is 1. The predicted octanol–water partition coefficient (Wildman–Crippen LogP) is 1.61. The molecule has 0 spiro atoms. The van der Waals surface area contributed by atoms with E-state index in [0.717, 1.165) is 6.42 Å². The molecule has 0 fully saturated rings. The lowest BCUT2D eigenvalue weighted by molar-refractivity contribution is 0.305. The van der Waals surface area contributed by atoms with Crippen LogP contribution in [-0.4, -0.2) is 33.3 Å². The van der Waals surface area contributed by atoms with Gasteiger partial charge in [-0.2, -0.15) is 9.97 Å².